The van der Waals surface area contributed by atoms with E-state index in [2.05, 4.69) is 4.99 Å². The Balaban J connectivity index is 2.37. The highest BCUT2D eigenvalue weighted by Gasteiger charge is 2.33. The minimum absolute atomic E-state index is 0.00592. The first-order chi connectivity index (χ1) is 12.7. The van der Waals surface area contributed by atoms with Gasteiger partial charge in [-0.2, -0.15) is 13.2 Å². The van der Waals surface area contributed by atoms with Crippen LogP contribution in [-0.4, -0.2) is 31.9 Å². The molecule has 0 spiro atoms. The van der Waals surface area contributed by atoms with Gasteiger partial charge in [-0.3, -0.25) is 0 Å². The van der Waals surface area contributed by atoms with Crippen molar-refractivity contribution in [3.8, 4) is 17.2 Å². The fraction of sp³-hybridized carbons (Fsp3) is 0.316. The number of alkyl halides is 3. The molecule has 0 amide bonds. The molecule has 0 aromatic heterocycles. The Labute approximate surface area is 161 Å². The van der Waals surface area contributed by atoms with E-state index in [1.807, 2.05) is 25.8 Å². The van der Waals surface area contributed by atoms with Gasteiger partial charge in [0.15, 0.2) is 11.5 Å². The molecule has 0 heterocycles. The first-order valence-corrected chi connectivity index (χ1v) is 8.51. The van der Waals surface area contributed by atoms with Gasteiger partial charge in [0.1, 0.15) is 5.75 Å². The Morgan fingerprint density at radius 1 is 1.19 bits per heavy atom. The summed E-state index contributed by atoms with van der Waals surface area (Å²) in [5.41, 5.74) is 0.504. The van der Waals surface area contributed by atoms with Crippen LogP contribution in [0.15, 0.2) is 35.3 Å². The largest absolute Gasteiger partial charge is 0.493 e. The molecule has 2 aromatic carbocycles. The van der Waals surface area contributed by atoms with Gasteiger partial charge in [-0.05, 0) is 43.7 Å². The van der Waals surface area contributed by atoms with Crippen LogP contribution in [0.2, 0.25) is 5.02 Å². The van der Waals surface area contributed by atoms with Gasteiger partial charge in [-0.1, -0.05) is 11.6 Å². The summed E-state index contributed by atoms with van der Waals surface area (Å²) in [5, 5.41) is -0.386. The van der Waals surface area contributed by atoms with E-state index in [-0.39, 0.29) is 16.5 Å². The lowest BCUT2D eigenvalue weighted by molar-refractivity contribution is -0.137. The molecule has 0 fully saturated rings. The molecule has 2 aromatic rings. The van der Waals surface area contributed by atoms with Crippen molar-refractivity contribution in [1.82, 2.24) is 4.90 Å². The third kappa shape index (κ3) is 5.29. The second-order valence-electron chi connectivity index (χ2n) is 5.85. The van der Waals surface area contributed by atoms with Crippen LogP contribution in [0, 0.1) is 6.92 Å². The van der Waals surface area contributed by atoms with E-state index in [1.165, 1.54) is 13.2 Å². The molecule has 0 unspecified atom stereocenters. The Morgan fingerprint density at radius 2 is 1.89 bits per heavy atom. The van der Waals surface area contributed by atoms with Gasteiger partial charge in [0.25, 0.3) is 0 Å². The van der Waals surface area contributed by atoms with Crippen molar-refractivity contribution in [2.45, 2.75) is 20.0 Å². The van der Waals surface area contributed by atoms with E-state index in [1.54, 1.807) is 18.5 Å². The zero-order chi connectivity index (χ0) is 20.2. The van der Waals surface area contributed by atoms with Crippen molar-refractivity contribution >= 4 is 23.6 Å². The number of ether oxygens (including phenoxy) is 2. The molecule has 0 saturated heterocycles. The number of methoxy groups -OCH3 is 1. The maximum absolute atomic E-state index is 13.0. The number of hydrogen-bond acceptors (Lipinski definition) is 3. The number of hydrogen-bond donors (Lipinski definition) is 0. The molecule has 0 atom stereocenters. The zero-order valence-corrected chi connectivity index (χ0v) is 16.1. The first kappa shape index (κ1) is 20.9. The number of aliphatic imine (C=N–C) groups is 1. The van der Waals surface area contributed by atoms with Crippen LogP contribution in [0.5, 0.6) is 17.2 Å². The fourth-order valence-corrected chi connectivity index (χ4v) is 2.41. The van der Waals surface area contributed by atoms with Crippen LogP contribution in [-0.2, 0) is 6.18 Å². The van der Waals surface area contributed by atoms with Gasteiger partial charge in [-0.25, -0.2) is 4.99 Å². The molecule has 0 aliphatic carbocycles. The number of benzene rings is 2. The topological polar surface area (TPSA) is 34.1 Å². The second kappa shape index (κ2) is 8.52. The average molecular weight is 401 g/mol. The van der Waals surface area contributed by atoms with E-state index in [0.717, 1.165) is 24.2 Å². The predicted molar refractivity (Wildman–Crippen MR) is 101 cm³/mol. The van der Waals surface area contributed by atoms with E-state index in [0.29, 0.717) is 11.4 Å². The number of rotatable bonds is 6. The summed E-state index contributed by atoms with van der Waals surface area (Å²) in [7, 11) is 3.35. The third-order valence-corrected chi connectivity index (χ3v) is 4.18. The Morgan fingerprint density at radius 3 is 2.48 bits per heavy atom. The monoisotopic (exact) mass is 400 g/mol. The molecule has 4 nitrogen and oxygen atoms in total. The lowest BCUT2D eigenvalue weighted by Gasteiger charge is -2.15. The minimum atomic E-state index is -4.57. The highest BCUT2D eigenvalue weighted by Crippen LogP contribution is 2.40. The van der Waals surface area contributed by atoms with Crippen LogP contribution in [0.4, 0.5) is 18.9 Å². The van der Waals surface area contributed by atoms with E-state index in [4.69, 9.17) is 21.1 Å². The Bertz CT molecular complexity index is 838. The van der Waals surface area contributed by atoms with Crippen LogP contribution >= 0.6 is 11.6 Å². The fourth-order valence-electron chi connectivity index (χ4n) is 2.18. The summed E-state index contributed by atoms with van der Waals surface area (Å²) >= 11 is 5.64. The molecule has 0 N–H and O–H groups in total. The van der Waals surface area contributed by atoms with Gasteiger partial charge in [0.2, 0.25) is 0 Å². The van der Waals surface area contributed by atoms with E-state index in [9.17, 15) is 13.2 Å². The average Bonchev–Trinajstić information content (AvgIpc) is 2.61. The van der Waals surface area contributed by atoms with Gasteiger partial charge in [-0.15, -0.1) is 0 Å². The normalized spacial score (nSPS) is 11.7. The standard InChI is InChI=1S/C19H20ClF3N2O2/c1-5-25(3)11-24-16-10-17(26-4)18(8-12(16)2)27-13-6-7-15(20)14(9-13)19(21,22)23/h6-11H,5H2,1-4H3/b24-11+. The van der Waals surface area contributed by atoms with Gasteiger partial charge >= 0.3 is 6.18 Å². The van der Waals surface area contributed by atoms with Crippen LogP contribution in [0.1, 0.15) is 18.1 Å². The highest BCUT2D eigenvalue weighted by atomic mass is 35.5. The predicted octanol–water partition coefficient (Wildman–Crippen LogP) is 6.08. The summed E-state index contributed by atoms with van der Waals surface area (Å²) in [6.07, 6.45) is -2.88. The van der Waals surface area contributed by atoms with Crippen molar-refractivity contribution in [3.63, 3.8) is 0 Å². The molecular formula is C19H20ClF3N2O2. The highest BCUT2D eigenvalue weighted by molar-refractivity contribution is 6.31. The van der Waals surface area contributed by atoms with Crippen molar-refractivity contribution in [3.05, 3.63) is 46.5 Å². The second-order valence-corrected chi connectivity index (χ2v) is 6.26. The SMILES string of the molecule is CCN(C)/C=N/c1cc(OC)c(Oc2ccc(Cl)c(C(F)(F)F)c2)cc1C. The molecular weight excluding hydrogens is 381 g/mol. The Hall–Kier alpha value is -2.41. The summed E-state index contributed by atoms with van der Waals surface area (Å²) in [6.45, 7) is 4.63. The van der Waals surface area contributed by atoms with Crippen molar-refractivity contribution in [1.29, 1.82) is 0 Å². The van der Waals surface area contributed by atoms with Crippen LogP contribution < -0.4 is 9.47 Å². The summed E-state index contributed by atoms with van der Waals surface area (Å²) in [6, 6.07) is 6.72. The molecule has 2 rings (SSSR count). The van der Waals surface area contributed by atoms with Gasteiger partial charge in [0.05, 0.1) is 29.7 Å². The number of halogens is 4. The van der Waals surface area contributed by atoms with Crippen LogP contribution in [0.3, 0.4) is 0 Å². The minimum Gasteiger partial charge on any atom is -0.493 e. The molecule has 0 aliphatic heterocycles. The van der Waals surface area contributed by atoms with E-state index < -0.39 is 11.7 Å². The van der Waals surface area contributed by atoms with E-state index >= 15 is 0 Å². The summed E-state index contributed by atoms with van der Waals surface area (Å²) in [5.74, 6) is 0.648. The van der Waals surface area contributed by atoms with Crippen LogP contribution in [0.25, 0.3) is 0 Å². The lowest BCUT2D eigenvalue weighted by atomic mass is 10.1. The smallest absolute Gasteiger partial charge is 0.417 e. The summed E-state index contributed by atoms with van der Waals surface area (Å²) < 4.78 is 50.0. The van der Waals surface area contributed by atoms with Gasteiger partial charge in [0, 0.05) is 19.7 Å². The number of nitrogens with zero attached hydrogens (tertiary/aromatic N) is 2. The molecule has 0 saturated carbocycles. The maximum Gasteiger partial charge on any atom is 0.417 e. The lowest BCUT2D eigenvalue weighted by Crippen LogP contribution is -2.14. The maximum atomic E-state index is 13.0. The molecule has 0 aliphatic rings. The zero-order valence-electron chi connectivity index (χ0n) is 15.4. The van der Waals surface area contributed by atoms with Gasteiger partial charge < -0.3 is 14.4 Å². The number of aryl methyl sites for hydroxylation is 1. The summed E-state index contributed by atoms with van der Waals surface area (Å²) in [4.78, 5) is 6.30. The molecule has 27 heavy (non-hydrogen) atoms. The first-order valence-electron chi connectivity index (χ1n) is 8.13. The molecule has 0 radical (unpaired) electrons. The van der Waals surface area contributed by atoms with Crippen molar-refractivity contribution in [2.75, 3.05) is 20.7 Å². The quantitative estimate of drug-likeness (QED) is 0.435. The molecule has 8 heteroatoms. The van der Waals surface area contributed by atoms with Crippen molar-refractivity contribution < 1.29 is 22.6 Å². The molecule has 146 valence electrons. The third-order valence-electron chi connectivity index (χ3n) is 3.85. The Kier molecular flexibility index (Phi) is 6.59. The van der Waals surface area contributed by atoms with Crippen molar-refractivity contribution in [2.24, 2.45) is 4.99 Å². The molecule has 0 bridgehead atoms.